The van der Waals surface area contributed by atoms with E-state index >= 15 is 0 Å². The monoisotopic (exact) mass is 381 g/mol. The van der Waals surface area contributed by atoms with Gasteiger partial charge in [-0.15, -0.1) is 0 Å². The van der Waals surface area contributed by atoms with E-state index in [0.717, 1.165) is 18.7 Å². The fourth-order valence-corrected chi connectivity index (χ4v) is 3.50. The molecule has 0 aromatic heterocycles. The number of likely N-dealkylation sites (tertiary alicyclic amines) is 1. The number of nitrogens with zero attached hydrogens (tertiary/aromatic N) is 1. The van der Waals surface area contributed by atoms with E-state index in [2.05, 4.69) is 22.3 Å². The summed E-state index contributed by atoms with van der Waals surface area (Å²) in [5.74, 6) is 0.0582. The Bertz CT molecular complexity index is 771. The molecule has 148 valence electrons. The van der Waals surface area contributed by atoms with Crippen molar-refractivity contribution in [3.8, 4) is 5.75 Å². The Morgan fingerprint density at radius 2 is 1.71 bits per heavy atom. The summed E-state index contributed by atoms with van der Waals surface area (Å²) in [7, 11) is 0. The zero-order chi connectivity index (χ0) is 19.8. The molecule has 0 aliphatic carbocycles. The highest BCUT2D eigenvalue weighted by Gasteiger charge is 2.23. The lowest BCUT2D eigenvalue weighted by atomic mass is 10.1. The average molecular weight is 381 g/mol. The minimum Gasteiger partial charge on any atom is -0.484 e. The summed E-state index contributed by atoms with van der Waals surface area (Å²) in [6, 6.07) is 17.5. The first kappa shape index (κ1) is 19.9. The summed E-state index contributed by atoms with van der Waals surface area (Å²) in [6.45, 7) is 2.63. The van der Waals surface area contributed by atoms with Gasteiger partial charge in [0.2, 0.25) is 5.91 Å². The van der Waals surface area contributed by atoms with Crippen LogP contribution in [0, 0.1) is 0 Å². The number of amides is 2. The Morgan fingerprint density at radius 3 is 2.36 bits per heavy atom. The lowest BCUT2D eigenvalue weighted by Crippen LogP contribution is -2.38. The normalized spacial score (nSPS) is 15.1. The molecule has 2 amide bonds. The summed E-state index contributed by atoms with van der Waals surface area (Å²) in [5, 5.41) is 3.00. The van der Waals surface area contributed by atoms with Crippen LogP contribution in [-0.2, 0) is 16.0 Å². The van der Waals surface area contributed by atoms with Crippen LogP contribution in [0.5, 0.6) is 5.75 Å². The minimum absolute atomic E-state index is 0.0450. The number of rotatable bonds is 9. The molecule has 0 radical (unpaired) electrons. The zero-order valence-corrected chi connectivity index (χ0v) is 16.0. The number of carbonyl (C=O) groups is 2. The number of primary amides is 1. The maximum Gasteiger partial charge on any atom is 0.258 e. The number of nitrogens with two attached hydrogens (primary N) is 1. The number of nitrogens with one attached hydrogen (secondary N) is 1. The van der Waals surface area contributed by atoms with Crippen LogP contribution >= 0.6 is 0 Å². The molecule has 1 fully saturated rings. The highest BCUT2D eigenvalue weighted by molar-refractivity contribution is 5.77. The third-order valence-electron chi connectivity index (χ3n) is 4.93. The van der Waals surface area contributed by atoms with Crippen LogP contribution in [0.3, 0.4) is 0 Å². The van der Waals surface area contributed by atoms with Crippen molar-refractivity contribution in [1.29, 1.82) is 0 Å². The number of hydrogen-bond donors (Lipinski definition) is 2. The van der Waals surface area contributed by atoms with Crippen molar-refractivity contribution in [2.24, 2.45) is 5.73 Å². The van der Waals surface area contributed by atoms with Crippen LogP contribution in [-0.4, -0.2) is 43.0 Å². The van der Waals surface area contributed by atoms with Gasteiger partial charge in [-0.05, 0) is 49.2 Å². The maximum atomic E-state index is 12.3. The quantitative estimate of drug-likeness (QED) is 0.696. The van der Waals surface area contributed by atoms with Crippen LogP contribution in [0.1, 0.15) is 30.0 Å². The Hall–Kier alpha value is -2.86. The van der Waals surface area contributed by atoms with Gasteiger partial charge in [-0.1, -0.05) is 42.5 Å². The molecule has 0 bridgehead atoms. The largest absolute Gasteiger partial charge is 0.484 e. The van der Waals surface area contributed by atoms with Crippen LogP contribution in [0.4, 0.5) is 0 Å². The third kappa shape index (κ3) is 5.82. The second-order valence-corrected chi connectivity index (χ2v) is 7.05. The fourth-order valence-electron chi connectivity index (χ4n) is 3.50. The van der Waals surface area contributed by atoms with Crippen LogP contribution in [0.2, 0.25) is 0 Å². The van der Waals surface area contributed by atoms with Gasteiger partial charge >= 0.3 is 0 Å². The fraction of sp³-hybridized carbons (Fsp3) is 0.364. The molecular weight excluding hydrogens is 354 g/mol. The molecule has 0 spiro atoms. The van der Waals surface area contributed by atoms with Gasteiger partial charge in [-0.3, -0.25) is 14.5 Å². The van der Waals surface area contributed by atoms with Gasteiger partial charge in [-0.25, -0.2) is 0 Å². The van der Waals surface area contributed by atoms with Gasteiger partial charge in [0.15, 0.2) is 6.61 Å². The molecule has 1 heterocycles. The van der Waals surface area contributed by atoms with Crippen molar-refractivity contribution < 1.29 is 14.3 Å². The molecular formula is C22H27N3O3. The standard InChI is InChI=1S/C22H27N3O3/c23-21(26)14-17-8-10-19(11-9-17)28-16-22(27)24-15-20(25-12-4-5-13-25)18-6-2-1-3-7-18/h1-3,6-11,20H,4-5,12-16H2,(H2,23,26)(H,24,27). The van der Waals surface area contributed by atoms with E-state index in [9.17, 15) is 9.59 Å². The Morgan fingerprint density at radius 1 is 1.04 bits per heavy atom. The molecule has 0 saturated carbocycles. The van der Waals surface area contributed by atoms with Gasteiger partial charge in [-0.2, -0.15) is 0 Å². The number of carbonyl (C=O) groups excluding carboxylic acids is 2. The van der Waals surface area contributed by atoms with Crippen molar-refractivity contribution in [1.82, 2.24) is 10.2 Å². The zero-order valence-electron chi connectivity index (χ0n) is 16.0. The first-order valence-corrected chi connectivity index (χ1v) is 9.67. The molecule has 3 N–H and O–H groups in total. The van der Waals surface area contributed by atoms with E-state index in [1.165, 1.54) is 18.4 Å². The van der Waals surface area contributed by atoms with Gasteiger partial charge in [0, 0.05) is 6.54 Å². The van der Waals surface area contributed by atoms with Crippen LogP contribution < -0.4 is 15.8 Å². The van der Waals surface area contributed by atoms with Crippen LogP contribution in [0.15, 0.2) is 54.6 Å². The highest BCUT2D eigenvalue weighted by Crippen LogP contribution is 2.24. The molecule has 6 heteroatoms. The van der Waals surface area contributed by atoms with E-state index in [1.807, 2.05) is 18.2 Å². The minimum atomic E-state index is -0.376. The van der Waals surface area contributed by atoms with Gasteiger partial charge in [0.05, 0.1) is 12.5 Å². The van der Waals surface area contributed by atoms with Gasteiger partial charge in [0.25, 0.3) is 5.91 Å². The van der Waals surface area contributed by atoms with E-state index in [1.54, 1.807) is 24.3 Å². The molecule has 2 aromatic rings. The molecule has 1 aliphatic rings. The van der Waals surface area contributed by atoms with E-state index in [-0.39, 0.29) is 30.9 Å². The van der Waals surface area contributed by atoms with Crippen molar-refractivity contribution in [3.05, 3.63) is 65.7 Å². The molecule has 3 rings (SSSR count). The summed E-state index contributed by atoms with van der Waals surface area (Å²) < 4.78 is 5.55. The van der Waals surface area contributed by atoms with Crippen molar-refractivity contribution >= 4 is 11.8 Å². The molecule has 2 aromatic carbocycles. The lowest BCUT2D eigenvalue weighted by Gasteiger charge is -2.28. The number of benzene rings is 2. The SMILES string of the molecule is NC(=O)Cc1ccc(OCC(=O)NCC(c2ccccc2)N2CCCC2)cc1. The van der Waals surface area contributed by atoms with E-state index < -0.39 is 0 Å². The molecule has 1 atom stereocenters. The van der Waals surface area contributed by atoms with Crippen LogP contribution in [0.25, 0.3) is 0 Å². The molecule has 1 unspecified atom stereocenters. The third-order valence-corrected chi connectivity index (χ3v) is 4.93. The summed E-state index contributed by atoms with van der Waals surface area (Å²) in [6.07, 6.45) is 2.59. The Kier molecular flexibility index (Phi) is 7.03. The Labute approximate surface area is 165 Å². The lowest BCUT2D eigenvalue weighted by molar-refractivity contribution is -0.123. The molecule has 1 saturated heterocycles. The Balaban J connectivity index is 1.50. The molecule has 28 heavy (non-hydrogen) atoms. The predicted octanol–water partition coefficient (Wildman–Crippen LogP) is 2.05. The van der Waals surface area contributed by atoms with E-state index in [4.69, 9.17) is 10.5 Å². The first-order chi connectivity index (χ1) is 13.6. The topological polar surface area (TPSA) is 84.7 Å². The number of hydrogen-bond acceptors (Lipinski definition) is 4. The summed E-state index contributed by atoms with van der Waals surface area (Å²) in [4.78, 5) is 25.6. The second-order valence-electron chi connectivity index (χ2n) is 7.05. The smallest absolute Gasteiger partial charge is 0.258 e. The van der Waals surface area contributed by atoms with Gasteiger partial charge < -0.3 is 15.8 Å². The number of ether oxygens (including phenoxy) is 1. The summed E-state index contributed by atoms with van der Waals surface area (Å²) >= 11 is 0. The first-order valence-electron chi connectivity index (χ1n) is 9.67. The molecule has 6 nitrogen and oxygen atoms in total. The highest BCUT2D eigenvalue weighted by atomic mass is 16.5. The van der Waals surface area contributed by atoms with E-state index in [0.29, 0.717) is 12.3 Å². The molecule has 1 aliphatic heterocycles. The second kappa shape index (κ2) is 9.90. The van der Waals surface area contributed by atoms with Crippen molar-refractivity contribution in [3.63, 3.8) is 0 Å². The maximum absolute atomic E-state index is 12.3. The van der Waals surface area contributed by atoms with Gasteiger partial charge in [0.1, 0.15) is 5.75 Å². The predicted molar refractivity (Wildman–Crippen MR) is 108 cm³/mol. The average Bonchev–Trinajstić information content (AvgIpc) is 3.22. The van der Waals surface area contributed by atoms with Crippen molar-refractivity contribution in [2.75, 3.05) is 26.2 Å². The summed E-state index contributed by atoms with van der Waals surface area (Å²) in [5.41, 5.74) is 7.22. The van der Waals surface area contributed by atoms with Crippen molar-refractivity contribution in [2.45, 2.75) is 25.3 Å².